The van der Waals surface area contributed by atoms with Gasteiger partial charge in [0.25, 0.3) is 0 Å². The summed E-state index contributed by atoms with van der Waals surface area (Å²) in [4.78, 5) is 4.59. The summed E-state index contributed by atoms with van der Waals surface area (Å²) in [6, 6.07) is 2.65. The van der Waals surface area contributed by atoms with Crippen molar-refractivity contribution in [2.45, 2.75) is 52.0 Å². The average Bonchev–Trinajstić information content (AvgIpc) is 2.66. The lowest BCUT2D eigenvalue weighted by molar-refractivity contribution is 0.528. The van der Waals surface area contributed by atoms with Crippen LogP contribution in [0.25, 0.3) is 0 Å². The molecule has 0 bridgehead atoms. The van der Waals surface area contributed by atoms with Gasteiger partial charge in [-0.15, -0.1) is 6.58 Å². The van der Waals surface area contributed by atoms with Crippen molar-refractivity contribution in [1.29, 1.82) is 5.26 Å². The first kappa shape index (κ1) is 12.0. The number of nitriles is 1. The van der Waals surface area contributed by atoms with Crippen LogP contribution >= 0.6 is 0 Å². The van der Waals surface area contributed by atoms with Crippen LogP contribution in [0.1, 0.15) is 46.0 Å². The minimum atomic E-state index is -0.154. The standard InChI is InChI=1S/C13H20N2/c1-4-9-13(2,3)12(10-14)15-11-7-5-6-8-11/h4,11H,1,5-9H2,2-3H3. The molecule has 0 unspecified atom stereocenters. The number of hydrogen-bond acceptors (Lipinski definition) is 2. The Labute approximate surface area is 92.7 Å². The molecule has 0 amide bonds. The van der Waals surface area contributed by atoms with Gasteiger partial charge in [-0.25, -0.2) is 0 Å². The maximum Gasteiger partial charge on any atom is 0.118 e. The summed E-state index contributed by atoms with van der Waals surface area (Å²) in [6.45, 7) is 7.85. The largest absolute Gasteiger partial charge is 0.275 e. The second-order valence-electron chi connectivity index (χ2n) is 4.90. The van der Waals surface area contributed by atoms with Gasteiger partial charge in [0, 0.05) is 5.41 Å². The van der Waals surface area contributed by atoms with Crippen molar-refractivity contribution in [2.75, 3.05) is 0 Å². The lowest BCUT2D eigenvalue weighted by Crippen LogP contribution is -2.23. The fraction of sp³-hybridized carbons (Fsp3) is 0.692. The molecule has 0 aromatic carbocycles. The van der Waals surface area contributed by atoms with Gasteiger partial charge in [-0.2, -0.15) is 5.26 Å². The van der Waals surface area contributed by atoms with Crippen molar-refractivity contribution in [1.82, 2.24) is 0 Å². The van der Waals surface area contributed by atoms with Crippen LogP contribution in [0, 0.1) is 16.7 Å². The molecule has 1 aliphatic rings. The van der Waals surface area contributed by atoms with E-state index in [0.717, 1.165) is 19.3 Å². The molecule has 0 spiro atoms. The van der Waals surface area contributed by atoms with Crippen LogP contribution in [0.5, 0.6) is 0 Å². The highest BCUT2D eigenvalue weighted by Crippen LogP contribution is 2.27. The van der Waals surface area contributed by atoms with Crippen molar-refractivity contribution in [2.24, 2.45) is 10.4 Å². The van der Waals surface area contributed by atoms with Crippen molar-refractivity contribution in [3.8, 4) is 6.07 Å². The van der Waals surface area contributed by atoms with Gasteiger partial charge in [-0.3, -0.25) is 4.99 Å². The maximum absolute atomic E-state index is 9.13. The van der Waals surface area contributed by atoms with Crippen molar-refractivity contribution < 1.29 is 0 Å². The Morgan fingerprint density at radius 2 is 2.13 bits per heavy atom. The number of aliphatic imine (C=N–C) groups is 1. The molecule has 1 fully saturated rings. The molecule has 82 valence electrons. The smallest absolute Gasteiger partial charge is 0.118 e. The third-order valence-electron chi connectivity index (χ3n) is 3.04. The molecule has 0 saturated heterocycles. The lowest BCUT2D eigenvalue weighted by Gasteiger charge is -2.21. The summed E-state index contributed by atoms with van der Waals surface area (Å²) >= 11 is 0. The molecule has 0 aromatic rings. The molecule has 1 aliphatic carbocycles. The van der Waals surface area contributed by atoms with Crippen LogP contribution in [0.3, 0.4) is 0 Å². The Bertz CT molecular complexity index is 288. The second-order valence-corrected chi connectivity index (χ2v) is 4.90. The molecule has 0 atom stereocenters. The van der Waals surface area contributed by atoms with Crippen molar-refractivity contribution in [3.63, 3.8) is 0 Å². The molecular weight excluding hydrogens is 184 g/mol. The summed E-state index contributed by atoms with van der Waals surface area (Å²) in [5, 5.41) is 9.13. The van der Waals surface area contributed by atoms with Gasteiger partial charge in [0.05, 0.1) is 6.04 Å². The molecule has 0 aromatic heterocycles. The first-order valence-corrected chi connectivity index (χ1v) is 5.69. The normalized spacial score (nSPS) is 18.9. The number of nitrogens with zero attached hydrogens (tertiary/aromatic N) is 2. The van der Waals surface area contributed by atoms with E-state index in [1.807, 2.05) is 6.08 Å². The predicted octanol–water partition coefficient (Wildman–Crippen LogP) is 3.50. The number of allylic oxidation sites excluding steroid dienone is 1. The van der Waals surface area contributed by atoms with Gasteiger partial charge in [0.1, 0.15) is 11.8 Å². The van der Waals surface area contributed by atoms with E-state index in [-0.39, 0.29) is 5.41 Å². The Kier molecular flexibility index (Phi) is 4.08. The van der Waals surface area contributed by atoms with Crippen molar-refractivity contribution in [3.05, 3.63) is 12.7 Å². The zero-order chi connectivity index (χ0) is 11.3. The molecule has 0 radical (unpaired) electrons. The molecule has 1 rings (SSSR count). The van der Waals surface area contributed by atoms with E-state index in [1.54, 1.807) is 0 Å². The number of hydrogen-bond donors (Lipinski definition) is 0. The summed E-state index contributed by atoms with van der Waals surface area (Å²) in [5.74, 6) is 0. The van der Waals surface area contributed by atoms with Gasteiger partial charge < -0.3 is 0 Å². The van der Waals surface area contributed by atoms with E-state index in [0.29, 0.717) is 11.8 Å². The van der Waals surface area contributed by atoms with Crippen LogP contribution in [-0.4, -0.2) is 11.8 Å². The van der Waals surface area contributed by atoms with E-state index in [1.165, 1.54) is 12.8 Å². The second kappa shape index (κ2) is 5.11. The minimum absolute atomic E-state index is 0.154. The summed E-state index contributed by atoms with van der Waals surface area (Å²) in [7, 11) is 0. The molecule has 15 heavy (non-hydrogen) atoms. The van der Waals surface area contributed by atoms with E-state index < -0.39 is 0 Å². The van der Waals surface area contributed by atoms with Crippen LogP contribution in [0.2, 0.25) is 0 Å². The highest BCUT2D eigenvalue weighted by molar-refractivity contribution is 6.02. The molecule has 0 aliphatic heterocycles. The SMILES string of the molecule is C=CCC(C)(C)C(C#N)=NC1CCCC1. The Morgan fingerprint density at radius 1 is 1.53 bits per heavy atom. The molecule has 1 saturated carbocycles. The zero-order valence-electron chi connectivity index (χ0n) is 9.79. The molecule has 2 nitrogen and oxygen atoms in total. The fourth-order valence-corrected chi connectivity index (χ4v) is 2.03. The maximum atomic E-state index is 9.13. The van der Waals surface area contributed by atoms with E-state index in [2.05, 4.69) is 31.5 Å². The molecule has 0 N–H and O–H groups in total. The monoisotopic (exact) mass is 204 g/mol. The Morgan fingerprint density at radius 3 is 2.60 bits per heavy atom. The van der Waals surface area contributed by atoms with Gasteiger partial charge >= 0.3 is 0 Å². The fourth-order valence-electron chi connectivity index (χ4n) is 2.03. The highest BCUT2D eigenvalue weighted by Gasteiger charge is 2.25. The Hall–Kier alpha value is -1.10. The first-order chi connectivity index (χ1) is 7.10. The quantitative estimate of drug-likeness (QED) is 0.510. The average molecular weight is 204 g/mol. The summed E-state index contributed by atoms with van der Waals surface area (Å²) in [6.07, 6.45) is 7.49. The number of rotatable bonds is 4. The Balaban J connectivity index is 2.77. The summed E-state index contributed by atoms with van der Waals surface area (Å²) < 4.78 is 0. The minimum Gasteiger partial charge on any atom is -0.275 e. The van der Waals surface area contributed by atoms with Gasteiger partial charge in [0.15, 0.2) is 0 Å². The molecule has 0 heterocycles. The van der Waals surface area contributed by atoms with Gasteiger partial charge in [-0.05, 0) is 19.3 Å². The van der Waals surface area contributed by atoms with Gasteiger partial charge in [0.2, 0.25) is 0 Å². The third-order valence-corrected chi connectivity index (χ3v) is 3.04. The predicted molar refractivity (Wildman–Crippen MR) is 63.9 cm³/mol. The van der Waals surface area contributed by atoms with Crippen LogP contribution in [-0.2, 0) is 0 Å². The summed E-state index contributed by atoms with van der Waals surface area (Å²) in [5.41, 5.74) is 0.535. The highest BCUT2D eigenvalue weighted by atomic mass is 14.8. The van der Waals surface area contributed by atoms with E-state index in [4.69, 9.17) is 5.26 Å². The molecule has 2 heteroatoms. The van der Waals surface area contributed by atoms with Crippen LogP contribution < -0.4 is 0 Å². The first-order valence-electron chi connectivity index (χ1n) is 5.69. The van der Waals surface area contributed by atoms with Crippen LogP contribution in [0.15, 0.2) is 17.6 Å². The van der Waals surface area contributed by atoms with E-state index in [9.17, 15) is 0 Å². The lowest BCUT2D eigenvalue weighted by atomic mass is 9.84. The molecular formula is C13H20N2. The van der Waals surface area contributed by atoms with E-state index >= 15 is 0 Å². The van der Waals surface area contributed by atoms with Crippen molar-refractivity contribution >= 4 is 5.71 Å². The topological polar surface area (TPSA) is 36.1 Å². The zero-order valence-corrected chi connectivity index (χ0v) is 9.79. The van der Waals surface area contributed by atoms with Gasteiger partial charge in [-0.1, -0.05) is 32.8 Å². The third kappa shape index (κ3) is 3.20. The van der Waals surface area contributed by atoms with Crippen LogP contribution in [0.4, 0.5) is 0 Å².